The van der Waals surface area contributed by atoms with Gasteiger partial charge in [-0.3, -0.25) is 4.99 Å². The summed E-state index contributed by atoms with van der Waals surface area (Å²) in [6.07, 6.45) is 6.17. The Hall–Kier alpha value is -3.89. The highest BCUT2D eigenvalue weighted by molar-refractivity contribution is 5.88. The molecular weight excluding hydrogens is 444 g/mol. The number of hydrogen-bond donors (Lipinski definition) is 3. The molecule has 5 rings (SSSR count). The van der Waals surface area contributed by atoms with Gasteiger partial charge in [-0.25, -0.2) is 0 Å². The number of rotatable bonds is 7. The van der Waals surface area contributed by atoms with Gasteiger partial charge < -0.3 is 15.5 Å². The second-order valence-corrected chi connectivity index (χ2v) is 9.41. The zero-order chi connectivity index (χ0) is 24.7. The van der Waals surface area contributed by atoms with Crippen molar-refractivity contribution in [2.45, 2.75) is 44.3 Å². The van der Waals surface area contributed by atoms with E-state index < -0.39 is 0 Å². The minimum atomic E-state index is 0.123. The van der Waals surface area contributed by atoms with Crippen molar-refractivity contribution in [1.82, 2.24) is 5.32 Å². The van der Waals surface area contributed by atoms with Crippen molar-refractivity contribution in [3.8, 4) is 33.8 Å². The largest absolute Gasteiger partial charge is 0.507 e. The lowest BCUT2D eigenvalue weighted by atomic mass is 9.90. The number of phenols is 2. The van der Waals surface area contributed by atoms with Crippen molar-refractivity contribution in [2.24, 2.45) is 4.99 Å². The normalized spacial score (nSPS) is 17.9. The summed E-state index contributed by atoms with van der Waals surface area (Å²) >= 11 is 0. The van der Waals surface area contributed by atoms with Crippen LogP contribution < -0.4 is 5.32 Å². The van der Waals surface area contributed by atoms with E-state index in [4.69, 9.17) is 4.99 Å². The summed E-state index contributed by atoms with van der Waals surface area (Å²) in [5.74, 6) is 0.588. The summed E-state index contributed by atoms with van der Waals surface area (Å²) < 4.78 is 0. The van der Waals surface area contributed by atoms with E-state index in [1.165, 1.54) is 0 Å². The van der Waals surface area contributed by atoms with E-state index in [1.54, 1.807) is 0 Å². The van der Waals surface area contributed by atoms with Crippen LogP contribution in [0.3, 0.4) is 0 Å². The maximum absolute atomic E-state index is 10.9. The van der Waals surface area contributed by atoms with Crippen molar-refractivity contribution >= 4 is 6.21 Å². The zero-order valence-corrected chi connectivity index (χ0v) is 20.3. The van der Waals surface area contributed by atoms with Gasteiger partial charge in [0, 0.05) is 41.1 Å². The molecule has 2 unspecified atom stereocenters. The molecule has 1 saturated carbocycles. The van der Waals surface area contributed by atoms with Crippen molar-refractivity contribution in [3.05, 3.63) is 108 Å². The van der Waals surface area contributed by atoms with Gasteiger partial charge >= 0.3 is 0 Å². The molecule has 0 bridgehead atoms. The standard InChI is InChI=1S/C32H32N2O2/c35-31-25(15-9-17-27(31)23-11-3-1-4-12-23)21-33-29-19-7-8-20-30(29)34-22-26-16-10-18-28(32(26)36)24-13-5-2-6-14-24/h1-6,9-18,21,29-30,34-36H,7-8,19-20,22H2. The van der Waals surface area contributed by atoms with Crippen LogP contribution in [0.4, 0.5) is 0 Å². The summed E-state index contributed by atoms with van der Waals surface area (Å²) in [6.45, 7) is 0.581. The topological polar surface area (TPSA) is 64.9 Å². The van der Waals surface area contributed by atoms with Gasteiger partial charge in [0.1, 0.15) is 11.5 Å². The first-order chi connectivity index (χ1) is 17.7. The van der Waals surface area contributed by atoms with Crippen LogP contribution in [0.2, 0.25) is 0 Å². The molecule has 0 radical (unpaired) electrons. The predicted octanol–water partition coefficient (Wildman–Crippen LogP) is 6.95. The molecule has 0 aromatic heterocycles. The Labute approximate surface area is 213 Å². The average Bonchev–Trinajstić information content (AvgIpc) is 2.93. The lowest BCUT2D eigenvalue weighted by Crippen LogP contribution is -2.40. The third-order valence-corrected chi connectivity index (χ3v) is 7.05. The molecule has 1 aliphatic carbocycles. The molecular formula is C32H32N2O2. The van der Waals surface area contributed by atoms with Gasteiger partial charge in [0.2, 0.25) is 0 Å². The van der Waals surface area contributed by atoms with Gasteiger partial charge in [0.25, 0.3) is 0 Å². The molecule has 0 saturated heterocycles. The van der Waals surface area contributed by atoms with E-state index in [-0.39, 0.29) is 17.8 Å². The molecule has 3 N–H and O–H groups in total. The molecule has 0 spiro atoms. The molecule has 1 aliphatic rings. The number of phenolic OH excluding ortho intramolecular Hbond substituents is 2. The highest BCUT2D eigenvalue weighted by atomic mass is 16.3. The van der Waals surface area contributed by atoms with E-state index in [2.05, 4.69) is 5.32 Å². The lowest BCUT2D eigenvalue weighted by Gasteiger charge is -2.30. The van der Waals surface area contributed by atoms with E-state index in [9.17, 15) is 10.2 Å². The van der Waals surface area contributed by atoms with Gasteiger partial charge in [0.15, 0.2) is 0 Å². The molecule has 0 aliphatic heterocycles. The van der Waals surface area contributed by atoms with Crippen molar-refractivity contribution in [2.75, 3.05) is 0 Å². The Morgan fingerprint density at radius 3 is 2.00 bits per heavy atom. The third-order valence-electron chi connectivity index (χ3n) is 7.05. The fourth-order valence-electron chi connectivity index (χ4n) is 5.05. The summed E-state index contributed by atoms with van der Waals surface area (Å²) in [5.41, 5.74) is 5.27. The van der Waals surface area contributed by atoms with Crippen molar-refractivity contribution in [1.29, 1.82) is 0 Å². The number of hydrogen-bond acceptors (Lipinski definition) is 4. The lowest BCUT2D eigenvalue weighted by molar-refractivity contribution is 0.327. The Morgan fingerprint density at radius 2 is 1.31 bits per heavy atom. The summed E-state index contributed by atoms with van der Waals surface area (Å²) in [4.78, 5) is 4.92. The molecule has 2 atom stereocenters. The van der Waals surface area contributed by atoms with Crippen molar-refractivity contribution in [3.63, 3.8) is 0 Å². The van der Waals surface area contributed by atoms with Crippen LogP contribution in [-0.2, 0) is 6.54 Å². The Kier molecular flexibility index (Phi) is 7.44. The number of nitrogens with one attached hydrogen (secondary N) is 1. The molecule has 0 heterocycles. The van der Waals surface area contributed by atoms with Crippen LogP contribution >= 0.6 is 0 Å². The Morgan fingerprint density at radius 1 is 0.694 bits per heavy atom. The summed E-state index contributed by atoms with van der Waals surface area (Å²) in [5, 5.41) is 25.5. The SMILES string of the molecule is Oc1c(C=NC2CCCCC2NCc2cccc(-c3ccccc3)c2O)cccc1-c1ccccc1. The second-order valence-electron chi connectivity index (χ2n) is 9.41. The number of benzene rings is 4. The van der Waals surface area contributed by atoms with E-state index >= 15 is 0 Å². The highest BCUT2D eigenvalue weighted by Crippen LogP contribution is 2.33. The minimum absolute atomic E-state index is 0.123. The van der Waals surface area contributed by atoms with Gasteiger partial charge in [-0.2, -0.15) is 0 Å². The summed E-state index contributed by atoms with van der Waals surface area (Å²) in [7, 11) is 0. The first-order valence-corrected chi connectivity index (χ1v) is 12.7. The Balaban J connectivity index is 1.30. The van der Waals surface area contributed by atoms with E-state index in [1.807, 2.05) is 103 Å². The van der Waals surface area contributed by atoms with Crippen molar-refractivity contribution < 1.29 is 10.2 Å². The molecule has 182 valence electrons. The van der Waals surface area contributed by atoms with Gasteiger partial charge in [-0.1, -0.05) is 104 Å². The molecule has 4 heteroatoms. The number of aromatic hydroxyl groups is 2. The predicted molar refractivity (Wildman–Crippen MR) is 148 cm³/mol. The maximum Gasteiger partial charge on any atom is 0.132 e. The smallest absolute Gasteiger partial charge is 0.132 e. The zero-order valence-electron chi connectivity index (χ0n) is 20.3. The third kappa shape index (κ3) is 5.34. The Bertz CT molecular complexity index is 1320. The van der Waals surface area contributed by atoms with Crippen LogP contribution in [0, 0.1) is 0 Å². The van der Waals surface area contributed by atoms with Crippen LogP contribution in [0.15, 0.2) is 102 Å². The minimum Gasteiger partial charge on any atom is -0.507 e. The fourth-order valence-corrected chi connectivity index (χ4v) is 5.05. The number of nitrogens with zero attached hydrogens (tertiary/aromatic N) is 1. The summed E-state index contributed by atoms with van der Waals surface area (Å²) in [6, 6.07) is 32.0. The van der Waals surface area contributed by atoms with E-state index in [0.717, 1.165) is 59.1 Å². The van der Waals surface area contributed by atoms with Crippen LogP contribution in [0.25, 0.3) is 22.3 Å². The highest BCUT2D eigenvalue weighted by Gasteiger charge is 2.24. The molecule has 4 aromatic carbocycles. The molecule has 1 fully saturated rings. The average molecular weight is 477 g/mol. The number of aliphatic imine (C=N–C) groups is 1. The van der Waals surface area contributed by atoms with Gasteiger partial charge in [-0.05, 0) is 30.0 Å². The monoisotopic (exact) mass is 476 g/mol. The van der Waals surface area contributed by atoms with Crippen LogP contribution in [0.5, 0.6) is 11.5 Å². The second kappa shape index (κ2) is 11.2. The maximum atomic E-state index is 10.9. The molecule has 36 heavy (non-hydrogen) atoms. The quantitative estimate of drug-likeness (QED) is 0.253. The first-order valence-electron chi connectivity index (χ1n) is 12.7. The van der Waals surface area contributed by atoms with Crippen LogP contribution in [0.1, 0.15) is 36.8 Å². The molecule has 0 amide bonds. The molecule has 4 nitrogen and oxygen atoms in total. The van der Waals surface area contributed by atoms with E-state index in [0.29, 0.717) is 12.3 Å². The molecule has 4 aromatic rings. The van der Waals surface area contributed by atoms with Gasteiger partial charge in [0.05, 0.1) is 6.04 Å². The fraction of sp³-hybridized carbons (Fsp3) is 0.219. The number of para-hydroxylation sites is 2. The first kappa shape index (κ1) is 23.8. The van der Waals surface area contributed by atoms with Gasteiger partial charge in [-0.15, -0.1) is 0 Å². The van der Waals surface area contributed by atoms with Crippen LogP contribution in [-0.4, -0.2) is 28.5 Å².